The summed E-state index contributed by atoms with van der Waals surface area (Å²) in [6, 6.07) is 8.32. The number of guanidine groups is 1. The van der Waals surface area contributed by atoms with Crippen molar-refractivity contribution in [1.29, 1.82) is 0 Å². The first kappa shape index (κ1) is 25.2. The van der Waals surface area contributed by atoms with Crippen LogP contribution < -0.4 is 16.0 Å². The van der Waals surface area contributed by atoms with Crippen LogP contribution in [0.1, 0.15) is 44.7 Å². The van der Waals surface area contributed by atoms with Crippen LogP contribution in [0.4, 0.5) is 0 Å². The molecule has 7 nitrogen and oxygen atoms in total. The summed E-state index contributed by atoms with van der Waals surface area (Å²) in [5.74, 6) is 0.656. The summed E-state index contributed by atoms with van der Waals surface area (Å²) < 4.78 is 0. The van der Waals surface area contributed by atoms with Crippen LogP contribution in [0.3, 0.4) is 0 Å². The highest BCUT2D eigenvalue weighted by Gasteiger charge is 2.19. The number of carbonyl (C=O) groups excluding carboxylic acids is 2. The quantitative estimate of drug-likeness (QED) is 0.234. The lowest BCUT2D eigenvalue weighted by Gasteiger charge is -2.29. The van der Waals surface area contributed by atoms with E-state index in [9.17, 15) is 9.59 Å². The Hall–Kier alpha value is -1.84. The Morgan fingerprint density at radius 2 is 1.83 bits per heavy atom. The van der Waals surface area contributed by atoms with Crippen LogP contribution in [0.25, 0.3) is 0 Å². The van der Waals surface area contributed by atoms with E-state index in [2.05, 4.69) is 39.1 Å². The fraction of sp³-hybridized carbons (Fsp3) is 0.571. The molecule has 1 aromatic rings. The van der Waals surface area contributed by atoms with Gasteiger partial charge in [0.15, 0.2) is 5.96 Å². The molecule has 0 aliphatic carbocycles. The molecule has 1 aliphatic rings. The molecular weight excluding hydrogens is 481 g/mol. The number of hydrogen-bond acceptors (Lipinski definition) is 3. The van der Waals surface area contributed by atoms with Gasteiger partial charge in [0.1, 0.15) is 0 Å². The third kappa shape index (κ3) is 9.01. The third-order valence-corrected chi connectivity index (χ3v) is 4.50. The average Bonchev–Trinajstić information content (AvgIpc) is 2.65. The van der Waals surface area contributed by atoms with E-state index in [-0.39, 0.29) is 47.9 Å². The molecule has 0 saturated heterocycles. The highest BCUT2D eigenvalue weighted by molar-refractivity contribution is 14.0. The van der Waals surface area contributed by atoms with E-state index in [0.29, 0.717) is 31.9 Å². The lowest BCUT2D eigenvalue weighted by Crippen LogP contribution is -2.48. The lowest BCUT2D eigenvalue weighted by atomic mass is 9.99. The number of aliphatic imine (C=N–C) groups is 1. The van der Waals surface area contributed by atoms with Crippen LogP contribution in [-0.2, 0) is 22.6 Å². The summed E-state index contributed by atoms with van der Waals surface area (Å²) in [6.45, 7) is 8.09. The number of fused-ring (bicyclic) bond motifs is 1. The maximum absolute atomic E-state index is 12.5. The summed E-state index contributed by atoms with van der Waals surface area (Å²) in [7, 11) is 1.66. The van der Waals surface area contributed by atoms with Crippen LogP contribution in [0.2, 0.25) is 0 Å². The van der Waals surface area contributed by atoms with Crippen molar-refractivity contribution in [3.63, 3.8) is 0 Å². The summed E-state index contributed by atoms with van der Waals surface area (Å²) in [6.07, 6.45) is 2.13. The third-order valence-electron chi connectivity index (χ3n) is 4.50. The normalized spacial score (nSPS) is 13.8. The predicted molar refractivity (Wildman–Crippen MR) is 127 cm³/mol. The SMILES string of the molecule is CN=C(NCCCC(=O)N1CCc2ccccc2C1)NCC(=O)NC(C)(C)C.I. The Morgan fingerprint density at radius 3 is 2.48 bits per heavy atom. The zero-order chi connectivity index (χ0) is 20.6. The molecule has 0 atom stereocenters. The number of benzene rings is 1. The van der Waals surface area contributed by atoms with Crippen molar-refractivity contribution >= 4 is 41.8 Å². The molecule has 0 fully saturated rings. The van der Waals surface area contributed by atoms with E-state index in [0.717, 1.165) is 13.0 Å². The molecule has 0 spiro atoms. The standard InChI is InChI=1S/C21H33N5O2.HI/c1-21(2,3)25-18(27)14-24-20(22-4)23-12-7-10-19(28)26-13-11-16-8-5-6-9-17(16)15-26;/h5-6,8-9H,7,10-15H2,1-4H3,(H,25,27)(H2,22,23,24);1H. The van der Waals surface area contributed by atoms with Crippen LogP contribution in [-0.4, -0.2) is 54.9 Å². The van der Waals surface area contributed by atoms with Gasteiger partial charge in [-0.1, -0.05) is 24.3 Å². The van der Waals surface area contributed by atoms with E-state index in [1.807, 2.05) is 31.7 Å². The molecule has 0 saturated carbocycles. The highest BCUT2D eigenvalue weighted by Crippen LogP contribution is 2.19. The summed E-state index contributed by atoms with van der Waals surface area (Å²) in [5.41, 5.74) is 2.34. The Labute approximate surface area is 191 Å². The van der Waals surface area contributed by atoms with E-state index >= 15 is 0 Å². The smallest absolute Gasteiger partial charge is 0.239 e. The predicted octanol–water partition coefficient (Wildman–Crippen LogP) is 2.05. The molecule has 2 rings (SSSR count). The van der Waals surface area contributed by atoms with Gasteiger partial charge >= 0.3 is 0 Å². The van der Waals surface area contributed by atoms with Crippen LogP contribution in [0.15, 0.2) is 29.3 Å². The molecule has 2 amide bonds. The second-order valence-corrected chi connectivity index (χ2v) is 8.09. The number of nitrogens with zero attached hydrogens (tertiary/aromatic N) is 2. The molecular formula is C21H34IN5O2. The van der Waals surface area contributed by atoms with Crippen molar-refractivity contribution in [2.75, 3.05) is 26.7 Å². The van der Waals surface area contributed by atoms with Gasteiger partial charge in [-0.3, -0.25) is 14.6 Å². The monoisotopic (exact) mass is 515 g/mol. The van der Waals surface area contributed by atoms with Gasteiger partial charge in [-0.05, 0) is 44.7 Å². The Kier molecular flexibility index (Phi) is 10.4. The fourth-order valence-electron chi connectivity index (χ4n) is 3.16. The maximum Gasteiger partial charge on any atom is 0.239 e. The van der Waals surface area contributed by atoms with Crippen molar-refractivity contribution in [1.82, 2.24) is 20.9 Å². The lowest BCUT2D eigenvalue weighted by molar-refractivity contribution is -0.132. The minimum atomic E-state index is -0.259. The molecule has 0 radical (unpaired) electrons. The topological polar surface area (TPSA) is 85.8 Å². The largest absolute Gasteiger partial charge is 0.356 e. The second kappa shape index (κ2) is 12.0. The number of carbonyl (C=O) groups is 2. The van der Waals surface area contributed by atoms with Gasteiger partial charge in [0.25, 0.3) is 0 Å². The van der Waals surface area contributed by atoms with Crippen molar-refractivity contribution < 1.29 is 9.59 Å². The molecule has 1 aliphatic heterocycles. The fourth-order valence-corrected chi connectivity index (χ4v) is 3.16. The minimum Gasteiger partial charge on any atom is -0.356 e. The summed E-state index contributed by atoms with van der Waals surface area (Å²) in [5, 5.41) is 9.03. The molecule has 3 N–H and O–H groups in total. The molecule has 1 aromatic carbocycles. The molecule has 0 bridgehead atoms. The van der Waals surface area contributed by atoms with Gasteiger partial charge in [-0.25, -0.2) is 0 Å². The van der Waals surface area contributed by atoms with Crippen LogP contribution in [0, 0.1) is 0 Å². The van der Waals surface area contributed by atoms with Gasteiger partial charge in [-0.2, -0.15) is 0 Å². The van der Waals surface area contributed by atoms with E-state index in [4.69, 9.17) is 0 Å². The first-order chi connectivity index (χ1) is 13.3. The zero-order valence-corrected chi connectivity index (χ0v) is 20.2. The van der Waals surface area contributed by atoms with E-state index in [1.165, 1.54) is 11.1 Å². The first-order valence-corrected chi connectivity index (χ1v) is 9.88. The van der Waals surface area contributed by atoms with Gasteiger partial charge in [0.05, 0.1) is 6.54 Å². The van der Waals surface area contributed by atoms with Crippen molar-refractivity contribution in [3.05, 3.63) is 35.4 Å². The Bertz CT molecular complexity index is 715. The van der Waals surface area contributed by atoms with E-state index < -0.39 is 0 Å². The number of halogens is 1. The summed E-state index contributed by atoms with van der Waals surface area (Å²) >= 11 is 0. The summed E-state index contributed by atoms with van der Waals surface area (Å²) in [4.78, 5) is 30.4. The number of amides is 2. The van der Waals surface area contributed by atoms with Crippen molar-refractivity contribution in [2.45, 2.75) is 52.1 Å². The Balaban J connectivity index is 0.00000420. The van der Waals surface area contributed by atoms with Crippen LogP contribution >= 0.6 is 24.0 Å². The molecule has 8 heteroatoms. The van der Waals surface area contributed by atoms with Gasteiger partial charge < -0.3 is 20.9 Å². The minimum absolute atomic E-state index is 0. The highest BCUT2D eigenvalue weighted by atomic mass is 127. The Morgan fingerprint density at radius 1 is 1.14 bits per heavy atom. The van der Waals surface area contributed by atoms with Gasteiger partial charge in [0.2, 0.25) is 11.8 Å². The molecule has 1 heterocycles. The first-order valence-electron chi connectivity index (χ1n) is 9.88. The van der Waals surface area contributed by atoms with Gasteiger partial charge in [-0.15, -0.1) is 24.0 Å². The average molecular weight is 515 g/mol. The zero-order valence-electron chi connectivity index (χ0n) is 17.9. The van der Waals surface area contributed by atoms with E-state index in [1.54, 1.807) is 7.05 Å². The van der Waals surface area contributed by atoms with Crippen LogP contribution in [0.5, 0.6) is 0 Å². The number of hydrogen-bond donors (Lipinski definition) is 3. The molecule has 162 valence electrons. The maximum atomic E-state index is 12.5. The van der Waals surface area contributed by atoms with Crippen molar-refractivity contribution in [2.24, 2.45) is 4.99 Å². The molecule has 0 unspecified atom stereocenters. The molecule has 0 aromatic heterocycles. The molecule has 29 heavy (non-hydrogen) atoms. The second-order valence-electron chi connectivity index (χ2n) is 8.09. The number of nitrogens with one attached hydrogen (secondary N) is 3. The number of rotatable bonds is 6. The van der Waals surface area contributed by atoms with Gasteiger partial charge in [0, 0.05) is 38.6 Å². The van der Waals surface area contributed by atoms with Crippen molar-refractivity contribution in [3.8, 4) is 0 Å².